The summed E-state index contributed by atoms with van der Waals surface area (Å²) in [6.07, 6.45) is 3.21. The van der Waals surface area contributed by atoms with Gasteiger partial charge in [-0.05, 0) is 57.6 Å². The van der Waals surface area contributed by atoms with E-state index >= 15 is 0 Å². The van der Waals surface area contributed by atoms with Gasteiger partial charge in [0.2, 0.25) is 0 Å². The second kappa shape index (κ2) is 5.38. The van der Waals surface area contributed by atoms with Gasteiger partial charge < -0.3 is 9.31 Å². The van der Waals surface area contributed by atoms with E-state index in [1.165, 1.54) is 11.1 Å². The minimum Gasteiger partial charge on any atom is -0.400 e. The Morgan fingerprint density at radius 2 is 1.55 bits per heavy atom. The molecule has 1 fully saturated rings. The van der Waals surface area contributed by atoms with Crippen LogP contribution in [0, 0.1) is 0 Å². The first-order valence-corrected chi connectivity index (χ1v) is 7.38. The maximum atomic E-state index is 6.05. The van der Waals surface area contributed by atoms with E-state index in [-0.39, 0.29) is 18.3 Å². The molecule has 3 heteroatoms. The van der Waals surface area contributed by atoms with E-state index in [9.17, 15) is 0 Å². The van der Waals surface area contributed by atoms with Crippen LogP contribution in [0.1, 0.15) is 52.7 Å². The average molecular weight is 272 g/mol. The summed E-state index contributed by atoms with van der Waals surface area (Å²) in [5.41, 5.74) is 3.09. The van der Waals surface area contributed by atoms with Crippen LogP contribution in [0.5, 0.6) is 0 Å². The topological polar surface area (TPSA) is 18.5 Å². The van der Waals surface area contributed by atoms with Gasteiger partial charge in [0.25, 0.3) is 0 Å². The summed E-state index contributed by atoms with van der Waals surface area (Å²) < 4.78 is 12.1. The van der Waals surface area contributed by atoms with E-state index in [2.05, 4.69) is 71.9 Å². The van der Waals surface area contributed by atoms with Crippen LogP contribution >= 0.6 is 0 Å². The molecule has 0 saturated carbocycles. The quantitative estimate of drug-likeness (QED) is 0.764. The number of aryl methyl sites for hydroxylation is 1. The van der Waals surface area contributed by atoms with Crippen molar-refractivity contribution in [2.24, 2.45) is 0 Å². The summed E-state index contributed by atoms with van der Waals surface area (Å²) in [6, 6.07) is 8.63. The van der Waals surface area contributed by atoms with Gasteiger partial charge in [-0.2, -0.15) is 0 Å². The van der Waals surface area contributed by atoms with Crippen LogP contribution in [-0.4, -0.2) is 18.3 Å². The van der Waals surface area contributed by atoms with Gasteiger partial charge in [-0.15, -0.1) is 0 Å². The fourth-order valence-corrected chi connectivity index (χ4v) is 2.21. The lowest BCUT2D eigenvalue weighted by atomic mass is 9.78. The Morgan fingerprint density at radius 3 is 2.00 bits per heavy atom. The van der Waals surface area contributed by atoms with Crippen LogP contribution in [-0.2, 0) is 15.7 Å². The molecular weight excluding hydrogens is 247 g/mol. The fraction of sp³-hybridized carbons (Fsp3) is 0.529. The van der Waals surface area contributed by atoms with Crippen molar-refractivity contribution in [3.63, 3.8) is 0 Å². The first-order chi connectivity index (χ1) is 9.25. The van der Waals surface area contributed by atoms with E-state index in [0.29, 0.717) is 0 Å². The molecular formula is C17H25BO2. The van der Waals surface area contributed by atoms with Crippen molar-refractivity contribution in [3.05, 3.63) is 40.9 Å². The van der Waals surface area contributed by atoms with Crippen LogP contribution < -0.4 is 0 Å². The zero-order chi connectivity index (χ0) is 15.0. The highest BCUT2D eigenvalue weighted by atomic mass is 16.7. The van der Waals surface area contributed by atoms with Crippen molar-refractivity contribution in [2.45, 2.75) is 59.2 Å². The molecule has 1 aliphatic heterocycles. The minimum atomic E-state index is -0.279. The number of allylic oxidation sites excluding steroid dienone is 1. The Hall–Kier alpha value is -1.06. The molecule has 0 radical (unpaired) electrons. The van der Waals surface area contributed by atoms with Gasteiger partial charge >= 0.3 is 7.12 Å². The van der Waals surface area contributed by atoms with E-state index in [1.807, 2.05) is 0 Å². The zero-order valence-corrected chi connectivity index (χ0v) is 13.5. The van der Waals surface area contributed by atoms with Gasteiger partial charge in [-0.25, -0.2) is 0 Å². The average Bonchev–Trinajstić information content (AvgIpc) is 2.59. The molecule has 20 heavy (non-hydrogen) atoms. The van der Waals surface area contributed by atoms with E-state index in [4.69, 9.17) is 9.31 Å². The van der Waals surface area contributed by atoms with Crippen LogP contribution in [0.4, 0.5) is 0 Å². The monoisotopic (exact) mass is 272 g/mol. The first-order valence-electron chi connectivity index (χ1n) is 7.38. The summed E-state index contributed by atoms with van der Waals surface area (Å²) in [6.45, 7) is 12.6. The smallest absolute Gasteiger partial charge is 0.400 e. The Kier molecular flexibility index (Phi) is 4.13. The van der Waals surface area contributed by atoms with Gasteiger partial charge in [0.05, 0.1) is 11.2 Å². The van der Waals surface area contributed by atoms with Crippen molar-refractivity contribution in [3.8, 4) is 0 Å². The molecule has 0 atom stereocenters. The second-order valence-electron chi connectivity index (χ2n) is 6.57. The lowest BCUT2D eigenvalue weighted by Crippen LogP contribution is -2.41. The van der Waals surface area contributed by atoms with Crippen molar-refractivity contribution in [1.29, 1.82) is 0 Å². The molecule has 0 aromatic heterocycles. The number of hydrogen-bond acceptors (Lipinski definition) is 2. The summed E-state index contributed by atoms with van der Waals surface area (Å²) in [5.74, 6) is 0. The molecule has 1 aromatic carbocycles. The van der Waals surface area contributed by atoms with Crippen LogP contribution in [0.2, 0.25) is 0 Å². The van der Waals surface area contributed by atoms with Gasteiger partial charge in [0, 0.05) is 0 Å². The molecule has 1 heterocycles. The van der Waals surface area contributed by atoms with E-state index in [0.717, 1.165) is 11.9 Å². The van der Waals surface area contributed by atoms with Gasteiger partial charge in [-0.3, -0.25) is 0 Å². The number of hydrogen-bond donors (Lipinski definition) is 0. The Labute approximate surface area is 123 Å². The predicted octanol–water partition coefficient (Wildman–Crippen LogP) is 4.28. The van der Waals surface area contributed by atoms with E-state index in [1.54, 1.807) is 0 Å². The first kappa shape index (κ1) is 15.3. The van der Waals surface area contributed by atoms with Crippen molar-refractivity contribution < 1.29 is 9.31 Å². The third-order valence-corrected chi connectivity index (χ3v) is 4.41. The Morgan fingerprint density at radius 1 is 1.05 bits per heavy atom. The van der Waals surface area contributed by atoms with Crippen LogP contribution in [0.15, 0.2) is 29.7 Å². The normalized spacial score (nSPS) is 21.3. The second-order valence-corrected chi connectivity index (χ2v) is 6.57. The van der Waals surface area contributed by atoms with Gasteiger partial charge in [-0.1, -0.05) is 37.3 Å². The molecule has 0 spiro atoms. The molecule has 108 valence electrons. The molecule has 0 amide bonds. The van der Waals surface area contributed by atoms with E-state index < -0.39 is 0 Å². The molecule has 0 unspecified atom stereocenters. The van der Waals surface area contributed by atoms with Crippen molar-refractivity contribution in [1.82, 2.24) is 0 Å². The SMILES string of the molecule is CCc1ccc(/C=C(\C)B2OC(C)(C)C(C)(C)O2)cc1. The molecule has 2 rings (SSSR count). The molecule has 0 N–H and O–H groups in total. The highest BCUT2D eigenvalue weighted by Crippen LogP contribution is 2.38. The lowest BCUT2D eigenvalue weighted by molar-refractivity contribution is 0.00578. The van der Waals surface area contributed by atoms with Crippen molar-refractivity contribution >= 4 is 13.2 Å². The highest BCUT2D eigenvalue weighted by Gasteiger charge is 2.51. The highest BCUT2D eigenvalue weighted by molar-refractivity contribution is 6.55. The maximum Gasteiger partial charge on any atom is 0.490 e. The molecule has 0 bridgehead atoms. The molecule has 0 aliphatic carbocycles. The van der Waals surface area contributed by atoms with Gasteiger partial charge in [0.1, 0.15) is 0 Å². The largest absolute Gasteiger partial charge is 0.490 e. The summed E-state index contributed by atoms with van der Waals surface area (Å²) in [4.78, 5) is 0. The van der Waals surface area contributed by atoms with Crippen LogP contribution in [0.3, 0.4) is 0 Å². The lowest BCUT2D eigenvalue weighted by Gasteiger charge is -2.32. The zero-order valence-electron chi connectivity index (χ0n) is 13.5. The molecule has 1 saturated heterocycles. The van der Waals surface area contributed by atoms with Crippen molar-refractivity contribution in [2.75, 3.05) is 0 Å². The predicted molar refractivity (Wildman–Crippen MR) is 85.6 cm³/mol. The summed E-state index contributed by atoms with van der Waals surface area (Å²) in [5, 5.41) is 0. The van der Waals surface area contributed by atoms with Crippen LogP contribution in [0.25, 0.3) is 6.08 Å². The number of benzene rings is 1. The van der Waals surface area contributed by atoms with Gasteiger partial charge in [0.15, 0.2) is 0 Å². The standard InChI is InChI=1S/C17H25BO2/c1-7-14-8-10-15(11-9-14)12-13(2)18-19-16(3,4)17(5,6)20-18/h8-12H,7H2,1-6H3/b13-12+. The molecule has 1 aliphatic rings. The molecule has 1 aromatic rings. The Balaban J connectivity index is 2.15. The fourth-order valence-electron chi connectivity index (χ4n) is 2.21. The Bertz CT molecular complexity index is 484. The minimum absolute atomic E-state index is 0.258. The summed E-state index contributed by atoms with van der Waals surface area (Å²) >= 11 is 0. The molecule has 2 nitrogen and oxygen atoms in total. The number of rotatable bonds is 3. The maximum absolute atomic E-state index is 6.05. The third kappa shape index (κ3) is 2.99. The summed E-state index contributed by atoms with van der Waals surface area (Å²) in [7, 11) is -0.258. The third-order valence-electron chi connectivity index (χ3n) is 4.41.